The van der Waals surface area contributed by atoms with Gasteiger partial charge in [-0.3, -0.25) is 24.0 Å². The molecule has 0 radical (unpaired) electrons. The lowest BCUT2D eigenvalue weighted by molar-refractivity contribution is -0.432. The zero-order chi connectivity index (χ0) is 40.7. The van der Waals surface area contributed by atoms with Gasteiger partial charge in [0.15, 0.2) is 11.5 Å². The lowest BCUT2D eigenvalue weighted by Gasteiger charge is -2.14. The number of aromatic hydroxyl groups is 2. The average Bonchev–Trinajstić information content (AvgIpc) is 3.10. The maximum absolute atomic E-state index is 12.4. The number of benzene rings is 4. The summed E-state index contributed by atoms with van der Waals surface area (Å²) >= 11 is 0.505. The highest BCUT2D eigenvalue weighted by Gasteiger charge is 2.27. The summed E-state index contributed by atoms with van der Waals surface area (Å²) in [4.78, 5) is 19.2. The molecule has 0 unspecified atom stereocenters. The van der Waals surface area contributed by atoms with E-state index in [-0.39, 0.29) is 57.3 Å². The van der Waals surface area contributed by atoms with Gasteiger partial charge in [0.05, 0.1) is 66.8 Å². The Hall–Kier alpha value is -4.68. The summed E-state index contributed by atoms with van der Waals surface area (Å²) in [7, 11) is -10.5. The number of phenolic OH excluding ortho intramolecular Hbond substituents is 2. The van der Waals surface area contributed by atoms with Crippen molar-refractivity contribution in [3.8, 4) is 11.5 Å². The van der Waals surface area contributed by atoms with Crippen molar-refractivity contribution in [3.05, 3.63) is 52.6 Å². The fourth-order valence-corrected chi connectivity index (χ4v) is 6.95. The second-order valence-corrected chi connectivity index (χ2v) is 14.7. The number of azo groups is 2. The van der Waals surface area contributed by atoms with Crippen LogP contribution in [0.2, 0.25) is 0 Å². The van der Waals surface area contributed by atoms with Gasteiger partial charge in [-0.15, -0.1) is 33.5 Å². The van der Waals surface area contributed by atoms with E-state index in [0.717, 1.165) is 37.3 Å². The first-order chi connectivity index (χ1) is 25.9. The van der Waals surface area contributed by atoms with Crippen LogP contribution in [0.3, 0.4) is 0 Å². The van der Waals surface area contributed by atoms with Gasteiger partial charge in [-0.2, -0.15) is 16.8 Å². The molecule has 0 fully saturated rings. The molecule has 0 saturated heterocycles. The number of hydrogen-bond acceptors (Lipinski definition) is 25. The summed E-state index contributed by atoms with van der Waals surface area (Å²) in [5, 5.41) is 86.4. The van der Waals surface area contributed by atoms with Crippen LogP contribution in [0.1, 0.15) is 6.92 Å². The monoisotopic (exact) mass is 870 g/mol. The van der Waals surface area contributed by atoms with Crippen molar-refractivity contribution in [1.82, 2.24) is 0 Å². The van der Waals surface area contributed by atoms with Crippen molar-refractivity contribution >= 4 is 107 Å². The minimum Gasteiger partial charge on any atom is -0.505 e. The molecule has 0 spiro atoms. The molecule has 1 amide bonds. The topological polar surface area (TPSA) is 387 Å². The van der Waals surface area contributed by atoms with Crippen LogP contribution >= 0.6 is 36.1 Å². The highest BCUT2D eigenvalue weighted by molar-refractivity contribution is 7.95. The van der Waals surface area contributed by atoms with Crippen molar-refractivity contribution in [2.75, 3.05) is 5.32 Å². The number of anilines is 1. The van der Waals surface area contributed by atoms with Crippen molar-refractivity contribution < 1.29 is 89.8 Å². The van der Waals surface area contributed by atoms with Crippen molar-refractivity contribution in [1.29, 1.82) is 0 Å². The van der Waals surface area contributed by atoms with Crippen LogP contribution in [0.5, 0.6) is 11.5 Å². The first kappa shape index (κ1) is 43.1. The van der Waals surface area contributed by atoms with Crippen molar-refractivity contribution in [2.45, 2.75) is 31.4 Å². The fourth-order valence-electron chi connectivity index (χ4n) is 4.23. The van der Waals surface area contributed by atoms with E-state index in [1.165, 1.54) is 0 Å². The van der Waals surface area contributed by atoms with Crippen LogP contribution in [0.15, 0.2) is 87.4 Å². The lowest BCUT2D eigenvalue weighted by atomic mass is 10.1. The summed E-state index contributed by atoms with van der Waals surface area (Å²) in [6.07, 6.45) is 0. The molecule has 0 aliphatic carbocycles. The Morgan fingerprint density at radius 3 is 1.84 bits per heavy atom. The molecule has 294 valence electrons. The molecule has 55 heavy (non-hydrogen) atoms. The quantitative estimate of drug-likeness (QED) is 0.0136. The van der Waals surface area contributed by atoms with E-state index in [9.17, 15) is 51.1 Å². The molecule has 4 rings (SSSR count). The molecule has 0 saturated carbocycles. The van der Waals surface area contributed by atoms with Crippen molar-refractivity contribution in [3.63, 3.8) is 0 Å². The van der Waals surface area contributed by atoms with Crippen LogP contribution in [-0.2, 0) is 53.1 Å². The normalized spacial score (nSPS) is 12.3. The van der Waals surface area contributed by atoms with E-state index in [4.69, 9.17) is 15.8 Å². The summed E-state index contributed by atoms with van der Waals surface area (Å²) in [6.45, 7) is 1.05. The third-order valence-corrected chi connectivity index (χ3v) is 9.96. The number of nitrogens with zero attached hydrogens (tertiary/aromatic N) is 5. The second kappa shape index (κ2) is 18.3. The predicted molar refractivity (Wildman–Crippen MR) is 181 cm³/mol. The van der Waals surface area contributed by atoms with E-state index in [2.05, 4.69) is 53.9 Å². The molecular weight excluding hydrogens is 853 g/mol. The number of phenols is 2. The first-order valence-electron chi connectivity index (χ1n) is 13.4. The second-order valence-electron chi connectivity index (χ2n) is 9.68. The van der Waals surface area contributed by atoms with Gasteiger partial charge in [0.1, 0.15) is 32.5 Å². The van der Waals surface area contributed by atoms with Gasteiger partial charge < -0.3 is 15.5 Å². The fraction of sp³-hybridized carbons (Fsp3) is 0.0417. The zero-order valence-corrected chi connectivity index (χ0v) is 30.3. The Morgan fingerprint density at radius 1 is 0.727 bits per heavy atom. The number of amides is 1. The van der Waals surface area contributed by atoms with Crippen LogP contribution < -0.4 is 5.32 Å². The molecule has 0 aromatic heterocycles. The van der Waals surface area contributed by atoms with Crippen LogP contribution in [-0.4, -0.2) is 62.8 Å². The average molecular weight is 871 g/mol. The van der Waals surface area contributed by atoms with Gasteiger partial charge in [-0.25, -0.2) is 15.8 Å². The highest BCUT2D eigenvalue weighted by atomic mass is 32.2. The first-order valence-corrected chi connectivity index (χ1v) is 18.5. The van der Waals surface area contributed by atoms with Gasteiger partial charge >= 0.3 is 0 Å². The number of rotatable bonds is 17. The molecule has 0 aliphatic heterocycles. The van der Waals surface area contributed by atoms with E-state index in [1.54, 1.807) is 0 Å². The zero-order valence-electron chi connectivity index (χ0n) is 26.3. The summed E-state index contributed by atoms with van der Waals surface area (Å²) < 4.78 is 82.4. The number of carbonyl (C=O) groups is 1. The Labute approximate surface area is 317 Å². The minimum absolute atomic E-state index is 0.0914. The lowest BCUT2D eigenvalue weighted by Crippen LogP contribution is -2.08. The number of hydrogen-bond donors (Lipinski definition) is 8. The molecule has 31 heteroatoms. The SMILES string of the molecule is CC(=O)Nc1cc(S(=O)(=O)O)c(N=Nc2c(SOOO)cc3cc(S(=O)(=O)O)c(N=Nc4ccc([N+](=O)[O-])cc4SOOO)c(O)c3c2O)cc1SOOO. The maximum atomic E-state index is 12.4. The van der Waals surface area contributed by atoms with E-state index in [0.29, 0.717) is 12.1 Å². The Morgan fingerprint density at radius 2 is 1.27 bits per heavy atom. The Kier molecular flexibility index (Phi) is 14.3. The Bertz CT molecular complexity index is 2430. The van der Waals surface area contributed by atoms with Crippen LogP contribution in [0, 0.1) is 10.1 Å². The van der Waals surface area contributed by atoms with Crippen LogP contribution in [0.4, 0.5) is 34.1 Å². The molecule has 0 heterocycles. The summed E-state index contributed by atoms with van der Waals surface area (Å²) in [5.41, 5.74) is -3.60. The molecular formula is C24H18N6O20S5. The standard InChI is InChI=1S/C24H18N6O20S5/c1-9(31)25-13-8-18(54(39,40)41)14(7-16(13)52-49-46-37)27-28-21-17(53-50-47-38)4-10-5-19(55(42,43)44)22(24(33)20(10)23(21)32)29-26-12-3-2-11(30(34)35)6-15(12)51-48-45-36/h2-8,32-33,36-38H,1H3,(H,25,31)(H,39,40,41)(H,42,43,44). The third kappa shape index (κ3) is 10.5. The number of carbonyl (C=O) groups excluding carboxylic acids is 1. The third-order valence-electron chi connectivity index (χ3n) is 6.31. The summed E-state index contributed by atoms with van der Waals surface area (Å²) in [5.74, 6) is -3.01. The minimum atomic E-state index is -5.29. The maximum Gasteiger partial charge on any atom is 0.296 e. The highest BCUT2D eigenvalue weighted by Crippen LogP contribution is 2.52. The number of non-ortho nitro benzene ring substituents is 1. The van der Waals surface area contributed by atoms with Gasteiger partial charge in [0.2, 0.25) is 5.91 Å². The van der Waals surface area contributed by atoms with Gasteiger partial charge in [0.25, 0.3) is 25.9 Å². The largest absolute Gasteiger partial charge is 0.505 e. The van der Waals surface area contributed by atoms with E-state index < -0.39 is 90.8 Å². The Balaban J connectivity index is 2.00. The molecule has 8 N–H and O–H groups in total. The van der Waals surface area contributed by atoms with E-state index in [1.807, 2.05) is 0 Å². The summed E-state index contributed by atoms with van der Waals surface area (Å²) in [6, 6.07) is 6.02. The number of nitrogens with one attached hydrogen (secondary N) is 1. The molecule has 0 aliphatic rings. The van der Waals surface area contributed by atoms with Crippen LogP contribution in [0.25, 0.3) is 10.8 Å². The predicted octanol–water partition coefficient (Wildman–Crippen LogP) is 6.73. The van der Waals surface area contributed by atoms with Crippen molar-refractivity contribution in [2.24, 2.45) is 20.5 Å². The van der Waals surface area contributed by atoms with Gasteiger partial charge in [-0.05, 0) is 35.7 Å². The molecule has 0 bridgehead atoms. The molecule has 4 aromatic carbocycles. The van der Waals surface area contributed by atoms with Gasteiger partial charge in [-0.1, -0.05) is 15.1 Å². The number of nitro benzene ring substituents is 1. The van der Waals surface area contributed by atoms with E-state index >= 15 is 0 Å². The molecule has 0 atom stereocenters. The smallest absolute Gasteiger partial charge is 0.296 e. The number of nitro groups is 1. The number of fused-ring (bicyclic) bond motifs is 1. The van der Waals surface area contributed by atoms with Gasteiger partial charge in [0, 0.05) is 19.1 Å². The molecule has 26 nitrogen and oxygen atoms in total. The molecule has 4 aromatic rings.